The van der Waals surface area contributed by atoms with Gasteiger partial charge in [0.1, 0.15) is 40.4 Å². The Morgan fingerprint density at radius 1 is 1.25 bits per heavy atom. The van der Waals surface area contributed by atoms with Crippen LogP contribution in [0.3, 0.4) is 0 Å². The van der Waals surface area contributed by atoms with Crippen LogP contribution in [0.25, 0.3) is 16.9 Å². The Labute approximate surface area is 162 Å². The molecule has 0 spiro atoms. The minimum absolute atomic E-state index is 0.0926. The number of imidazole rings is 1. The standard InChI is InChI=1S/C19H21N3O5S/c1-19(2,3)28(24,25)16-9-22-12(8-20-17(22)6-14(16)26-4)11-5-15-18(21-7-11)13(23)10-27-15/h5-9,13,23H,10H2,1-4H3. The Bertz CT molecular complexity index is 1180. The summed E-state index contributed by atoms with van der Waals surface area (Å²) in [6, 6.07) is 3.37. The van der Waals surface area contributed by atoms with Crippen LogP contribution in [-0.4, -0.2) is 46.4 Å². The molecular formula is C19H21N3O5S. The Morgan fingerprint density at radius 3 is 2.68 bits per heavy atom. The zero-order valence-electron chi connectivity index (χ0n) is 16.0. The number of ether oxygens (including phenoxy) is 2. The number of nitrogens with zero attached hydrogens (tertiary/aromatic N) is 3. The van der Waals surface area contributed by atoms with Gasteiger partial charge in [-0.3, -0.25) is 9.38 Å². The van der Waals surface area contributed by atoms with Crippen LogP contribution in [-0.2, 0) is 9.84 Å². The van der Waals surface area contributed by atoms with Gasteiger partial charge in [0.05, 0.1) is 23.7 Å². The molecule has 0 bridgehead atoms. The molecule has 1 aliphatic heterocycles. The summed E-state index contributed by atoms with van der Waals surface area (Å²) in [5.74, 6) is 0.758. The van der Waals surface area contributed by atoms with Crippen molar-refractivity contribution in [3.05, 3.63) is 36.4 Å². The lowest BCUT2D eigenvalue weighted by atomic mass is 10.1. The van der Waals surface area contributed by atoms with Crippen molar-refractivity contribution in [2.75, 3.05) is 13.7 Å². The fourth-order valence-electron chi connectivity index (χ4n) is 3.10. The number of fused-ring (bicyclic) bond motifs is 2. The van der Waals surface area contributed by atoms with E-state index in [-0.39, 0.29) is 17.3 Å². The van der Waals surface area contributed by atoms with E-state index < -0.39 is 20.7 Å². The molecule has 0 fully saturated rings. The molecule has 0 aromatic carbocycles. The first-order valence-corrected chi connectivity index (χ1v) is 10.2. The monoisotopic (exact) mass is 403 g/mol. The first-order chi connectivity index (χ1) is 13.1. The number of pyridine rings is 2. The number of hydrogen-bond donors (Lipinski definition) is 1. The van der Waals surface area contributed by atoms with Gasteiger partial charge in [-0.15, -0.1) is 0 Å². The molecule has 0 saturated heterocycles. The summed E-state index contributed by atoms with van der Waals surface area (Å²) < 4.78 is 37.6. The molecule has 3 aromatic heterocycles. The van der Waals surface area contributed by atoms with E-state index in [2.05, 4.69) is 9.97 Å². The van der Waals surface area contributed by atoms with Gasteiger partial charge in [0.25, 0.3) is 0 Å². The van der Waals surface area contributed by atoms with Crippen molar-refractivity contribution in [2.24, 2.45) is 0 Å². The number of methoxy groups -OCH3 is 1. The first kappa shape index (κ1) is 18.7. The highest BCUT2D eigenvalue weighted by Gasteiger charge is 2.34. The second-order valence-electron chi connectivity index (χ2n) is 7.63. The van der Waals surface area contributed by atoms with Crippen LogP contribution in [0.5, 0.6) is 11.5 Å². The highest BCUT2D eigenvalue weighted by molar-refractivity contribution is 7.92. The summed E-state index contributed by atoms with van der Waals surface area (Å²) in [6.45, 7) is 5.11. The van der Waals surface area contributed by atoms with E-state index in [1.807, 2.05) is 0 Å². The number of hydrogen-bond acceptors (Lipinski definition) is 7. The Kier molecular flexibility index (Phi) is 4.13. The van der Waals surface area contributed by atoms with Gasteiger partial charge >= 0.3 is 0 Å². The summed E-state index contributed by atoms with van der Waals surface area (Å²) in [4.78, 5) is 8.75. The number of aliphatic hydroxyl groups excluding tert-OH is 1. The topological polar surface area (TPSA) is 103 Å². The van der Waals surface area contributed by atoms with Gasteiger partial charge in [0.15, 0.2) is 9.84 Å². The highest BCUT2D eigenvalue weighted by atomic mass is 32.2. The first-order valence-electron chi connectivity index (χ1n) is 8.74. The largest absolute Gasteiger partial charge is 0.495 e. The summed E-state index contributed by atoms with van der Waals surface area (Å²) >= 11 is 0. The minimum Gasteiger partial charge on any atom is -0.495 e. The van der Waals surface area contributed by atoms with Crippen molar-refractivity contribution in [3.8, 4) is 22.8 Å². The van der Waals surface area contributed by atoms with Gasteiger partial charge in [-0.05, 0) is 26.8 Å². The predicted octanol–water partition coefficient (Wildman–Crippen LogP) is 2.40. The molecule has 4 heterocycles. The van der Waals surface area contributed by atoms with Gasteiger partial charge in [0, 0.05) is 24.0 Å². The molecule has 8 nitrogen and oxygen atoms in total. The molecule has 3 aromatic rings. The van der Waals surface area contributed by atoms with Gasteiger partial charge < -0.3 is 14.6 Å². The summed E-state index contributed by atoms with van der Waals surface area (Å²) in [7, 11) is -2.22. The van der Waals surface area contributed by atoms with Gasteiger partial charge in [-0.1, -0.05) is 0 Å². The number of sulfone groups is 1. The summed E-state index contributed by atoms with van der Waals surface area (Å²) in [5, 5.41) is 9.85. The van der Waals surface area contributed by atoms with Crippen molar-refractivity contribution in [1.29, 1.82) is 0 Å². The van der Waals surface area contributed by atoms with Crippen LogP contribution < -0.4 is 9.47 Å². The number of aromatic nitrogens is 3. The molecule has 1 N–H and O–H groups in total. The lowest BCUT2D eigenvalue weighted by Crippen LogP contribution is -2.28. The van der Waals surface area contributed by atoms with E-state index in [1.54, 1.807) is 49.7 Å². The van der Waals surface area contributed by atoms with Crippen LogP contribution in [0, 0.1) is 0 Å². The number of aliphatic hydroxyl groups is 1. The van der Waals surface area contributed by atoms with Crippen LogP contribution in [0.4, 0.5) is 0 Å². The minimum atomic E-state index is -3.65. The Morgan fingerprint density at radius 2 is 2.00 bits per heavy atom. The molecular weight excluding hydrogens is 382 g/mol. The molecule has 0 amide bonds. The zero-order chi connectivity index (χ0) is 20.3. The van der Waals surface area contributed by atoms with Crippen molar-refractivity contribution in [3.63, 3.8) is 0 Å². The van der Waals surface area contributed by atoms with E-state index >= 15 is 0 Å². The maximum atomic E-state index is 13.1. The average molecular weight is 403 g/mol. The third-order valence-electron chi connectivity index (χ3n) is 4.78. The summed E-state index contributed by atoms with van der Waals surface area (Å²) in [5.41, 5.74) is 2.39. The van der Waals surface area contributed by atoms with Crippen LogP contribution in [0.2, 0.25) is 0 Å². The molecule has 0 aliphatic carbocycles. The molecule has 9 heteroatoms. The smallest absolute Gasteiger partial charge is 0.188 e. The van der Waals surface area contributed by atoms with E-state index in [9.17, 15) is 13.5 Å². The second kappa shape index (κ2) is 6.18. The normalized spacial score (nSPS) is 16.8. The molecule has 0 radical (unpaired) electrons. The molecule has 0 saturated carbocycles. The lowest BCUT2D eigenvalue weighted by Gasteiger charge is -2.21. The van der Waals surface area contributed by atoms with Crippen molar-refractivity contribution >= 4 is 15.5 Å². The van der Waals surface area contributed by atoms with E-state index in [1.165, 1.54) is 13.3 Å². The molecule has 4 rings (SSSR count). The average Bonchev–Trinajstić information content (AvgIpc) is 3.22. The predicted molar refractivity (Wildman–Crippen MR) is 102 cm³/mol. The van der Waals surface area contributed by atoms with Crippen molar-refractivity contribution in [2.45, 2.75) is 36.5 Å². The Hall–Kier alpha value is -2.65. The van der Waals surface area contributed by atoms with Gasteiger partial charge in [-0.2, -0.15) is 0 Å². The van der Waals surface area contributed by atoms with Gasteiger partial charge in [0.2, 0.25) is 0 Å². The van der Waals surface area contributed by atoms with Crippen LogP contribution in [0.1, 0.15) is 32.6 Å². The zero-order valence-corrected chi connectivity index (χ0v) is 16.8. The maximum absolute atomic E-state index is 13.1. The molecule has 1 atom stereocenters. The Balaban J connectivity index is 1.92. The number of rotatable bonds is 3. The highest BCUT2D eigenvalue weighted by Crippen LogP contribution is 2.36. The van der Waals surface area contributed by atoms with Crippen LogP contribution >= 0.6 is 0 Å². The maximum Gasteiger partial charge on any atom is 0.188 e. The third-order valence-corrected chi connectivity index (χ3v) is 7.28. The van der Waals surface area contributed by atoms with E-state index in [0.29, 0.717) is 28.3 Å². The van der Waals surface area contributed by atoms with E-state index in [0.717, 1.165) is 0 Å². The molecule has 1 aliphatic rings. The fraction of sp³-hybridized carbons (Fsp3) is 0.368. The van der Waals surface area contributed by atoms with E-state index in [4.69, 9.17) is 9.47 Å². The molecule has 1 unspecified atom stereocenters. The molecule has 148 valence electrons. The SMILES string of the molecule is COc1cc2ncc(-c3cnc4c(c3)OCC4O)n2cc1S(=O)(=O)C(C)(C)C. The lowest BCUT2D eigenvalue weighted by molar-refractivity contribution is 0.138. The van der Waals surface area contributed by atoms with Crippen molar-refractivity contribution in [1.82, 2.24) is 14.4 Å². The quantitative estimate of drug-likeness (QED) is 0.716. The third kappa shape index (κ3) is 2.73. The van der Waals surface area contributed by atoms with Crippen molar-refractivity contribution < 1.29 is 23.0 Å². The van der Waals surface area contributed by atoms with Gasteiger partial charge in [-0.25, -0.2) is 13.4 Å². The fourth-order valence-corrected chi connectivity index (χ4v) is 4.41. The summed E-state index contributed by atoms with van der Waals surface area (Å²) in [6.07, 6.45) is 4.04. The molecule has 28 heavy (non-hydrogen) atoms. The van der Waals surface area contributed by atoms with Crippen LogP contribution in [0.15, 0.2) is 35.6 Å². The second-order valence-corrected chi connectivity index (χ2v) is 10.3.